The molecule has 20 heavy (non-hydrogen) atoms. The number of H-pyrrole nitrogens is 1. The van der Waals surface area contributed by atoms with Gasteiger partial charge in [-0.3, -0.25) is 4.79 Å². The SMILES string of the molecule is N#Cc1c[nH]c(C(=O)NCCN2CCC[C@H](CO)C2)c1. The molecule has 2 rings (SSSR count). The molecule has 0 unspecified atom stereocenters. The van der Waals surface area contributed by atoms with Gasteiger partial charge in [0.2, 0.25) is 0 Å². The van der Waals surface area contributed by atoms with Crippen molar-refractivity contribution >= 4 is 5.91 Å². The van der Waals surface area contributed by atoms with Crippen LogP contribution in [-0.4, -0.2) is 53.7 Å². The third-order valence-electron chi connectivity index (χ3n) is 3.63. The predicted octanol–water partition coefficient (Wildman–Crippen LogP) is 0.320. The van der Waals surface area contributed by atoms with E-state index < -0.39 is 0 Å². The first-order valence-electron chi connectivity index (χ1n) is 6.93. The molecule has 0 aliphatic carbocycles. The molecule has 3 N–H and O–H groups in total. The number of hydrogen-bond donors (Lipinski definition) is 3. The number of carbonyl (C=O) groups excluding carboxylic acids is 1. The molecule has 1 aliphatic heterocycles. The smallest absolute Gasteiger partial charge is 0.267 e. The third-order valence-corrected chi connectivity index (χ3v) is 3.63. The van der Waals surface area contributed by atoms with Crippen molar-refractivity contribution in [3.8, 4) is 6.07 Å². The maximum atomic E-state index is 11.8. The average molecular weight is 276 g/mol. The first kappa shape index (κ1) is 14.6. The molecule has 1 fully saturated rings. The molecule has 6 nitrogen and oxygen atoms in total. The summed E-state index contributed by atoms with van der Waals surface area (Å²) >= 11 is 0. The normalized spacial score (nSPS) is 19.5. The largest absolute Gasteiger partial charge is 0.396 e. The number of nitrogens with zero attached hydrogens (tertiary/aromatic N) is 2. The summed E-state index contributed by atoms with van der Waals surface area (Å²) in [5.74, 6) is 0.170. The van der Waals surface area contributed by atoms with Crippen molar-refractivity contribution in [2.24, 2.45) is 5.92 Å². The number of piperidine rings is 1. The second-order valence-electron chi connectivity index (χ2n) is 5.16. The molecule has 1 aromatic heterocycles. The number of likely N-dealkylation sites (tertiary alicyclic amines) is 1. The first-order chi connectivity index (χ1) is 9.72. The standard InChI is InChI=1S/C14H20N4O2/c15-7-12-6-13(17-8-12)14(20)16-3-5-18-4-1-2-11(9-18)10-19/h6,8,11,17,19H,1-5,9-10H2,(H,16,20)/t11-/m0/s1. The fourth-order valence-electron chi connectivity index (χ4n) is 2.52. The average Bonchev–Trinajstić information content (AvgIpc) is 2.96. The number of amides is 1. The molecular formula is C14H20N4O2. The van der Waals surface area contributed by atoms with Gasteiger partial charge in [-0.05, 0) is 31.4 Å². The quantitative estimate of drug-likeness (QED) is 0.722. The van der Waals surface area contributed by atoms with E-state index in [4.69, 9.17) is 10.4 Å². The van der Waals surface area contributed by atoms with Crippen molar-refractivity contribution in [2.75, 3.05) is 32.8 Å². The number of nitriles is 1. The van der Waals surface area contributed by atoms with E-state index in [-0.39, 0.29) is 12.5 Å². The zero-order valence-corrected chi connectivity index (χ0v) is 11.4. The van der Waals surface area contributed by atoms with Crippen LogP contribution in [-0.2, 0) is 0 Å². The molecule has 6 heteroatoms. The molecule has 1 saturated heterocycles. The van der Waals surface area contributed by atoms with Gasteiger partial charge < -0.3 is 20.3 Å². The Labute approximate surface area is 118 Å². The Morgan fingerprint density at radius 1 is 1.65 bits per heavy atom. The summed E-state index contributed by atoms with van der Waals surface area (Å²) in [5, 5.41) is 20.7. The maximum absolute atomic E-state index is 11.8. The molecular weight excluding hydrogens is 256 g/mol. The topological polar surface area (TPSA) is 92.1 Å². The molecule has 0 spiro atoms. The number of aliphatic hydroxyl groups is 1. The van der Waals surface area contributed by atoms with Crippen LogP contribution in [0, 0.1) is 17.2 Å². The molecule has 0 aromatic carbocycles. The Morgan fingerprint density at radius 2 is 2.50 bits per heavy atom. The van der Waals surface area contributed by atoms with Crippen LogP contribution >= 0.6 is 0 Å². The van der Waals surface area contributed by atoms with Crippen molar-refractivity contribution in [3.63, 3.8) is 0 Å². The molecule has 1 aromatic rings. The summed E-state index contributed by atoms with van der Waals surface area (Å²) in [7, 11) is 0. The summed E-state index contributed by atoms with van der Waals surface area (Å²) in [5.41, 5.74) is 0.866. The van der Waals surface area contributed by atoms with Crippen molar-refractivity contribution in [3.05, 3.63) is 23.5 Å². The Morgan fingerprint density at radius 3 is 3.20 bits per heavy atom. The van der Waals surface area contributed by atoms with Gasteiger partial charge in [-0.25, -0.2) is 0 Å². The number of aromatic amines is 1. The summed E-state index contributed by atoms with van der Waals surface area (Å²) in [6.07, 6.45) is 3.70. The number of rotatable bonds is 5. The number of nitrogens with one attached hydrogen (secondary N) is 2. The second-order valence-corrected chi connectivity index (χ2v) is 5.16. The van der Waals surface area contributed by atoms with Crippen LogP contribution in [0.3, 0.4) is 0 Å². The third kappa shape index (κ3) is 3.83. The van der Waals surface area contributed by atoms with E-state index >= 15 is 0 Å². The van der Waals surface area contributed by atoms with Crippen LogP contribution in [0.1, 0.15) is 28.9 Å². The Bertz CT molecular complexity index is 492. The lowest BCUT2D eigenvalue weighted by atomic mass is 9.99. The Kier molecular flexibility index (Phi) is 5.16. The van der Waals surface area contributed by atoms with E-state index in [2.05, 4.69) is 15.2 Å². The van der Waals surface area contributed by atoms with Gasteiger partial charge in [0.15, 0.2) is 0 Å². The molecule has 0 radical (unpaired) electrons. The summed E-state index contributed by atoms with van der Waals surface area (Å²) in [6, 6.07) is 3.52. The highest BCUT2D eigenvalue weighted by Gasteiger charge is 2.18. The second kappa shape index (κ2) is 7.08. The fraction of sp³-hybridized carbons (Fsp3) is 0.571. The van der Waals surface area contributed by atoms with Crippen LogP contribution in [0.4, 0.5) is 0 Å². The van der Waals surface area contributed by atoms with Gasteiger partial charge in [0.1, 0.15) is 11.8 Å². The lowest BCUT2D eigenvalue weighted by Crippen LogP contribution is -2.41. The number of aliphatic hydroxyl groups excluding tert-OH is 1. The summed E-state index contributed by atoms with van der Waals surface area (Å²) < 4.78 is 0. The number of carbonyl (C=O) groups is 1. The monoisotopic (exact) mass is 276 g/mol. The van der Waals surface area contributed by atoms with Crippen LogP contribution in [0.25, 0.3) is 0 Å². The molecule has 1 amide bonds. The zero-order valence-electron chi connectivity index (χ0n) is 11.4. The van der Waals surface area contributed by atoms with Gasteiger partial charge in [-0.2, -0.15) is 5.26 Å². The van der Waals surface area contributed by atoms with E-state index in [1.165, 1.54) is 12.3 Å². The molecule has 1 atom stereocenters. The maximum Gasteiger partial charge on any atom is 0.267 e. The molecule has 1 aliphatic rings. The number of aromatic nitrogens is 1. The van der Waals surface area contributed by atoms with Crippen molar-refractivity contribution in [2.45, 2.75) is 12.8 Å². The van der Waals surface area contributed by atoms with Crippen molar-refractivity contribution in [1.29, 1.82) is 5.26 Å². The van der Waals surface area contributed by atoms with Crippen molar-refractivity contribution in [1.82, 2.24) is 15.2 Å². The van der Waals surface area contributed by atoms with Gasteiger partial charge in [0.05, 0.1) is 5.56 Å². The van der Waals surface area contributed by atoms with Gasteiger partial charge in [0.25, 0.3) is 5.91 Å². The first-order valence-corrected chi connectivity index (χ1v) is 6.93. The lowest BCUT2D eigenvalue weighted by molar-refractivity contribution is 0.0926. The van der Waals surface area contributed by atoms with Crippen LogP contribution in [0.2, 0.25) is 0 Å². The highest BCUT2D eigenvalue weighted by Crippen LogP contribution is 2.14. The Hall–Kier alpha value is -1.84. The van der Waals surface area contributed by atoms with Gasteiger partial charge >= 0.3 is 0 Å². The van der Waals surface area contributed by atoms with Crippen LogP contribution < -0.4 is 5.32 Å². The van der Waals surface area contributed by atoms with Crippen LogP contribution in [0.5, 0.6) is 0 Å². The highest BCUT2D eigenvalue weighted by molar-refractivity contribution is 5.92. The molecule has 0 saturated carbocycles. The van der Waals surface area contributed by atoms with E-state index in [1.54, 1.807) is 0 Å². The van der Waals surface area contributed by atoms with Gasteiger partial charge in [-0.1, -0.05) is 0 Å². The minimum atomic E-state index is -0.192. The fourth-order valence-corrected chi connectivity index (χ4v) is 2.52. The predicted molar refractivity (Wildman–Crippen MR) is 74.1 cm³/mol. The summed E-state index contributed by atoms with van der Waals surface area (Å²) in [4.78, 5) is 16.9. The van der Waals surface area contributed by atoms with Crippen molar-refractivity contribution < 1.29 is 9.90 Å². The zero-order chi connectivity index (χ0) is 14.4. The highest BCUT2D eigenvalue weighted by atomic mass is 16.3. The minimum absolute atomic E-state index is 0.192. The van der Waals surface area contributed by atoms with Gasteiger partial charge in [-0.15, -0.1) is 0 Å². The molecule has 2 heterocycles. The lowest BCUT2D eigenvalue weighted by Gasteiger charge is -2.31. The van der Waals surface area contributed by atoms with E-state index in [9.17, 15) is 4.79 Å². The van der Waals surface area contributed by atoms with E-state index in [0.717, 1.165) is 32.5 Å². The summed E-state index contributed by atoms with van der Waals surface area (Å²) in [6.45, 7) is 3.51. The number of hydrogen-bond acceptors (Lipinski definition) is 4. The Balaban J connectivity index is 1.72. The minimum Gasteiger partial charge on any atom is -0.396 e. The van der Waals surface area contributed by atoms with E-state index in [0.29, 0.717) is 23.7 Å². The molecule has 0 bridgehead atoms. The van der Waals surface area contributed by atoms with E-state index in [1.807, 2.05) is 6.07 Å². The molecule has 108 valence electrons. The van der Waals surface area contributed by atoms with Gasteiger partial charge in [0, 0.05) is 32.4 Å². The van der Waals surface area contributed by atoms with Crippen LogP contribution in [0.15, 0.2) is 12.3 Å².